The number of aromatic nitrogens is 2. The predicted octanol–water partition coefficient (Wildman–Crippen LogP) is 4.81. The van der Waals surface area contributed by atoms with Gasteiger partial charge in [-0.3, -0.25) is 4.98 Å². The molecule has 5 heteroatoms. The lowest BCUT2D eigenvalue weighted by molar-refractivity contribution is 0.309. The summed E-state index contributed by atoms with van der Waals surface area (Å²) in [5.41, 5.74) is 3.53. The summed E-state index contributed by atoms with van der Waals surface area (Å²) in [6.07, 6.45) is 6.25. The van der Waals surface area contributed by atoms with Crippen LogP contribution in [-0.2, 0) is 12.1 Å². The van der Waals surface area contributed by atoms with E-state index in [4.69, 9.17) is 12.2 Å². The average molecular weight is 391 g/mol. The Hall–Kier alpha value is -2.66. The van der Waals surface area contributed by atoms with Gasteiger partial charge in [0.1, 0.15) is 0 Å². The van der Waals surface area contributed by atoms with E-state index in [0.29, 0.717) is 0 Å². The quantitative estimate of drug-likeness (QED) is 0.648. The molecule has 0 aliphatic carbocycles. The van der Waals surface area contributed by atoms with Crippen LogP contribution in [-0.4, -0.2) is 19.6 Å². The molecular formula is C23H26N4S. The normalized spacial score (nSPS) is 19.7. The third kappa shape index (κ3) is 3.67. The highest BCUT2D eigenvalue weighted by molar-refractivity contribution is 7.80. The van der Waals surface area contributed by atoms with Crippen LogP contribution in [0.3, 0.4) is 0 Å². The zero-order valence-electron chi connectivity index (χ0n) is 16.5. The molecule has 1 aromatic carbocycles. The van der Waals surface area contributed by atoms with Gasteiger partial charge >= 0.3 is 0 Å². The van der Waals surface area contributed by atoms with Crippen molar-refractivity contribution in [2.24, 2.45) is 0 Å². The summed E-state index contributed by atoms with van der Waals surface area (Å²) in [4.78, 5) is 6.90. The lowest BCUT2D eigenvalue weighted by Gasteiger charge is -2.28. The molecule has 2 atom stereocenters. The summed E-state index contributed by atoms with van der Waals surface area (Å²) >= 11 is 5.75. The van der Waals surface area contributed by atoms with Crippen LogP contribution in [0.25, 0.3) is 0 Å². The summed E-state index contributed by atoms with van der Waals surface area (Å²) in [5.74, 6) is 0. The molecule has 1 aliphatic heterocycles. The van der Waals surface area contributed by atoms with Crippen LogP contribution >= 0.6 is 12.2 Å². The topological polar surface area (TPSA) is 33.1 Å². The van der Waals surface area contributed by atoms with Gasteiger partial charge in [0.05, 0.1) is 17.8 Å². The molecule has 1 saturated heterocycles. The first-order chi connectivity index (χ1) is 13.4. The number of pyridine rings is 1. The van der Waals surface area contributed by atoms with Gasteiger partial charge in [-0.25, -0.2) is 0 Å². The van der Waals surface area contributed by atoms with E-state index in [9.17, 15) is 0 Å². The molecular weight excluding hydrogens is 364 g/mol. The van der Waals surface area contributed by atoms with Gasteiger partial charge in [-0.1, -0.05) is 36.4 Å². The molecule has 3 heterocycles. The van der Waals surface area contributed by atoms with Crippen molar-refractivity contribution in [2.75, 3.05) is 0 Å². The zero-order valence-corrected chi connectivity index (χ0v) is 17.4. The third-order valence-electron chi connectivity index (χ3n) is 5.23. The Kier molecular flexibility index (Phi) is 4.94. The van der Waals surface area contributed by atoms with Gasteiger partial charge in [-0.2, -0.15) is 0 Å². The van der Waals surface area contributed by atoms with E-state index in [2.05, 4.69) is 89.3 Å². The van der Waals surface area contributed by atoms with Crippen molar-refractivity contribution in [3.8, 4) is 0 Å². The number of benzene rings is 1. The number of nitrogens with zero attached hydrogens (tertiary/aromatic N) is 3. The number of rotatable bonds is 4. The highest BCUT2D eigenvalue weighted by Crippen LogP contribution is 2.40. The molecule has 2 aromatic heterocycles. The molecule has 0 bridgehead atoms. The zero-order chi connectivity index (χ0) is 19.7. The van der Waals surface area contributed by atoms with Crippen LogP contribution in [0.1, 0.15) is 49.7 Å². The second-order valence-electron chi connectivity index (χ2n) is 8.26. The first-order valence-electron chi connectivity index (χ1n) is 9.64. The van der Waals surface area contributed by atoms with E-state index in [-0.39, 0.29) is 17.6 Å². The van der Waals surface area contributed by atoms with Crippen LogP contribution in [0, 0.1) is 0 Å². The summed E-state index contributed by atoms with van der Waals surface area (Å²) in [5, 5.41) is 4.29. The SMILES string of the molecule is CC(C)(C)n1ccc([C@H]2[C@@H](c3ccccn3)NC(=S)N2Cc2ccccc2)c1. The fraction of sp³-hybridized carbons (Fsp3) is 0.304. The van der Waals surface area contributed by atoms with Gasteiger partial charge in [0.15, 0.2) is 5.11 Å². The number of hydrogen-bond donors (Lipinski definition) is 1. The molecule has 0 saturated carbocycles. The molecule has 3 aromatic rings. The van der Waals surface area contributed by atoms with Crippen molar-refractivity contribution < 1.29 is 0 Å². The Labute approximate surface area is 172 Å². The molecule has 4 rings (SSSR count). The highest BCUT2D eigenvalue weighted by atomic mass is 32.1. The van der Waals surface area contributed by atoms with Crippen LogP contribution in [0.4, 0.5) is 0 Å². The Bertz CT molecular complexity index is 943. The molecule has 1 aliphatic rings. The summed E-state index contributed by atoms with van der Waals surface area (Å²) in [6, 6.07) is 18.9. The minimum atomic E-state index is 0.0215. The lowest BCUT2D eigenvalue weighted by atomic mass is 9.98. The molecule has 0 spiro atoms. The second kappa shape index (κ2) is 7.40. The number of nitrogens with one attached hydrogen (secondary N) is 1. The van der Waals surface area contributed by atoms with Crippen LogP contribution < -0.4 is 5.32 Å². The van der Waals surface area contributed by atoms with E-state index in [1.807, 2.05) is 24.4 Å². The maximum Gasteiger partial charge on any atom is 0.170 e. The van der Waals surface area contributed by atoms with E-state index < -0.39 is 0 Å². The first-order valence-corrected chi connectivity index (χ1v) is 10.0. The number of thiocarbonyl (C=S) groups is 1. The Morgan fingerprint density at radius 3 is 2.43 bits per heavy atom. The first kappa shape index (κ1) is 18.7. The van der Waals surface area contributed by atoms with Crippen molar-refractivity contribution in [1.82, 2.24) is 19.8 Å². The molecule has 0 radical (unpaired) electrons. The minimum absolute atomic E-state index is 0.0215. The van der Waals surface area contributed by atoms with E-state index in [0.717, 1.165) is 17.4 Å². The lowest BCUT2D eigenvalue weighted by Crippen LogP contribution is -2.29. The largest absolute Gasteiger partial charge is 0.352 e. The molecule has 0 amide bonds. The average Bonchev–Trinajstić information content (AvgIpc) is 3.29. The molecule has 4 nitrogen and oxygen atoms in total. The second-order valence-corrected chi connectivity index (χ2v) is 8.65. The monoisotopic (exact) mass is 390 g/mol. The predicted molar refractivity (Wildman–Crippen MR) is 117 cm³/mol. The van der Waals surface area contributed by atoms with E-state index in [1.54, 1.807) is 0 Å². The Balaban J connectivity index is 1.74. The molecule has 28 heavy (non-hydrogen) atoms. The maximum absolute atomic E-state index is 5.75. The minimum Gasteiger partial charge on any atom is -0.352 e. The summed E-state index contributed by atoms with van der Waals surface area (Å²) < 4.78 is 2.26. The van der Waals surface area contributed by atoms with Crippen molar-refractivity contribution in [3.63, 3.8) is 0 Å². The fourth-order valence-corrected chi connectivity index (χ4v) is 4.03. The van der Waals surface area contributed by atoms with Crippen LogP contribution in [0.15, 0.2) is 73.2 Å². The molecule has 0 unspecified atom stereocenters. The van der Waals surface area contributed by atoms with Gasteiger partial charge in [0, 0.05) is 30.7 Å². The standard InChI is InChI=1S/C23H26N4S/c1-23(2,3)26-14-12-18(16-26)21-20(19-11-7-8-13-24-19)25-22(28)27(21)15-17-9-5-4-6-10-17/h4-14,16,20-21H,15H2,1-3H3,(H,25,28)/t20-,21+/m1/s1. The Morgan fingerprint density at radius 1 is 1.04 bits per heavy atom. The number of hydrogen-bond acceptors (Lipinski definition) is 2. The van der Waals surface area contributed by atoms with Crippen molar-refractivity contribution >= 4 is 17.3 Å². The Morgan fingerprint density at radius 2 is 1.79 bits per heavy atom. The van der Waals surface area contributed by atoms with E-state index >= 15 is 0 Å². The van der Waals surface area contributed by atoms with Crippen LogP contribution in [0.5, 0.6) is 0 Å². The van der Waals surface area contributed by atoms with Crippen molar-refractivity contribution in [1.29, 1.82) is 0 Å². The van der Waals surface area contributed by atoms with Gasteiger partial charge < -0.3 is 14.8 Å². The van der Waals surface area contributed by atoms with Crippen LogP contribution in [0.2, 0.25) is 0 Å². The smallest absolute Gasteiger partial charge is 0.170 e. The highest BCUT2D eigenvalue weighted by Gasteiger charge is 2.40. The third-order valence-corrected chi connectivity index (χ3v) is 5.58. The van der Waals surface area contributed by atoms with E-state index in [1.165, 1.54) is 11.1 Å². The van der Waals surface area contributed by atoms with Crippen molar-refractivity contribution in [2.45, 2.75) is 44.9 Å². The van der Waals surface area contributed by atoms with Gasteiger partial charge in [0.2, 0.25) is 0 Å². The molecule has 1 fully saturated rings. The molecule has 1 N–H and O–H groups in total. The van der Waals surface area contributed by atoms with Gasteiger partial charge in [-0.05, 0) is 62.3 Å². The van der Waals surface area contributed by atoms with Crippen molar-refractivity contribution in [3.05, 3.63) is 90.0 Å². The summed E-state index contributed by atoms with van der Waals surface area (Å²) in [6.45, 7) is 7.41. The fourth-order valence-electron chi connectivity index (χ4n) is 3.72. The summed E-state index contributed by atoms with van der Waals surface area (Å²) in [7, 11) is 0. The molecule has 144 valence electrons. The van der Waals surface area contributed by atoms with Gasteiger partial charge in [-0.15, -0.1) is 0 Å². The van der Waals surface area contributed by atoms with Gasteiger partial charge in [0.25, 0.3) is 0 Å². The maximum atomic E-state index is 5.75.